The number of hydrogen-bond donors (Lipinski definition) is 1. The van der Waals surface area contributed by atoms with Gasteiger partial charge in [0.25, 0.3) is 0 Å². The summed E-state index contributed by atoms with van der Waals surface area (Å²) in [5, 5.41) is 0. The van der Waals surface area contributed by atoms with Gasteiger partial charge in [0.05, 0.1) is 5.52 Å². The van der Waals surface area contributed by atoms with Gasteiger partial charge in [-0.05, 0) is 43.7 Å². The number of benzene rings is 1. The number of aromatic nitrogens is 2. The molecule has 1 aliphatic rings. The second kappa shape index (κ2) is 5.50. The van der Waals surface area contributed by atoms with E-state index in [0.29, 0.717) is 18.2 Å². The highest BCUT2D eigenvalue weighted by Gasteiger charge is 2.26. The zero-order chi connectivity index (χ0) is 14.9. The summed E-state index contributed by atoms with van der Waals surface area (Å²) in [5.41, 5.74) is 2.81. The van der Waals surface area contributed by atoms with E-state index < -0.39 is 0 Å². The Morgan fingerprint density at radius 1 is 1.18 bits per heavy atom. The molecule has 0 bridgehead atoms. The zero-order valence-electron chi connectivity index (χ0n) is 12.4. The van der Waals surface area contributed by atoms with Crippen molar-refractivity contribution in [1.29, 1.82) is 0 Å². The summed E-state index contributed by atoms with van der Waals surface area (Å²) in [6.07, 6.45) is 4.34. The van der Waals surface area contributed by atoms with Gasteiger partial charge in [0.15, 0.2) is 5.58 Å². The predicted octanol–water partition coefficient (Wildman–Crippen LogP) is 2.76. The van der Waals surface area contributed by atoms with Crippen LogP contribution in [-0.2, 0) is 6.54 Å². The summed E-state index contributed by atoms with van der Waals surface area (Å²) >= 11 is 0. The van der Waals surface area contributed by atoms with E-state index in [0.717, 1.165) is 18.6 Å². The summed E-state index contributed by atoms with van der Waals surface area (Å²) < 4.78 is 7.03. The third-order valence-electron chi connectivity index (χ3n) is 4.53. The SMILES string of the molecule is O=c1oc2ccccc2n1CCN1CCC[C@H]1c1ccc[nH]1. The number of oxazole rings is 1. The van der Waals surface area contributed by atoms with Gasteiger partial charge in [-0.3, -0.25) is 9.47 Å². The molecule has 3 heterocycles. The quantitative estimate of drug-likeness (QED) is 0.805. The molecule has 0 saturated carbocycles. The fourth-order valence-electron chi connectivity index (χ4n) is 3.45. The molecule has 0 aliphatic carbocycles. The lowest BCUT2D eigenvalue weighted by Gasteiger charge is -2.23. The molecule has 3 aromatic rings. The Morgan fingerprint density at radius 2 is 2.09 bits per heavy atom. The Labute approximate surface area is 128 Å². The topological polar surface area (TPSA) is 54.2 Å². The summed E-state index contributed by atoms with van der Waals surface area (Å²) in [6, 6.07) is 12.2. The molecule has 4 rings (SSSR count). The van der Waals surface area contributed by atoms with Gasteiger partial charge < -0.3 is 9.40 Å². The Kier molecular flexibility index (Phi) is 3.35. The van der Waals surface area contributed by atoms with Crippen LogP contribution in [0.4, 0.5) is 0 Å². The maximum Gasteiger partial charge on any atom is 0.419 e. The average Bonchev–Trinajstić information content (AvgIpc) is 3.24. The molecular formula is C17H19N3O2. The molecule has 1 saturated heterocycles. The molecule has 1 fully saturated rings. The summed E-state index contributed by atoms with van der Waals surface area (Å²) in [6.45, 7) is 2.59. The van der Waals surface area contributed by atoms with Crippen molar-refractivity contribution in [3.63, 3.8) is 0 Å². The molecule has 2 aromatic heterocycles. The Bertz CT molecular complexity index is 816. The van der Waals surface area contributed by atoms with E-state index >= 15 is 0 Å². The molecule has 0 unspecified atom stereocenters. The van der Waals surface area contributed by atoms with Crippen LogP contribution in [0.1, 0.15) is 24.6 Å². The van der Waals surface area contributed by atoms with E-state index in [1.807, 2.05) is 36.5 Å². The molecule has 1 N–H and O–H groups in total. The first-order valence-corrected chi connectivity index (χ1v) is 7.78. The van der Waals surface area contributed by atoms with Crippen LogP contribution >= 0.6 is 0 Å². The first kappa shape index (κ1) is 13.4. The van der Waals surface area contributed by atoms with Crippen LogP contribution < -0.4 is 5.76 Å². The number of fused-ring (bicyclic) bond motifs is 1. The standard InChI is InChI=1S/C17H19N3O2/c21-17-20(15-6-1-2-8-16(15)22-17)12-11-19-10-4-7-14(19)13-5-3-9-18-13/h1-3,5-6,8-9,14,18H,4,7,10-12H2/t14-/m0/s1. The maximum atomic E-state index is 12.0. The molecular weight excluding hydrogens is 278 g/mol. The van der Waals surface area contributed by atoms with Gasteiger partial charge in [0.1, 0.15) is 0 Å². The van der Waals surface area contributed by atoms with Crippen molar-refractivity contribution in [3.8, 4) is 0 Å². The third kappa shape index (κ3) is 2.27. The van der Waals surface area contributed by atoms with Crippen molar-refractivity contribution >= 4 is 11.1 Å². The fourth-order valence-corrected chi connectivity index (χ4v) is 3.45. The number of H-pyrrole nitrogens is 1. The second-order valence-electron chi connectivity index (χ2n) is 5.81. The monoisotopic (exact) mass is 297 g/mol. The average molecular weight is 297 g/mol. The van der Waals surface area contributed by atoms with E-state index in [4.69, 9.17) is 4.42 Å². The lowest BCUT2D eigenvalue weighted by molar-refractivity contribution is 0.242. The smallest absolute Gasteiger partial charge is 0.408 e. The largest absolute Gasteiger partial charge is 0.419 e. The molecule has 22 heavy (non-hydrogen) atoms. The van der Waals surface area contributed by atoms with E-state index in [-0.39, 0.29) is 5.76 Å². The van der Waals surface area contributed by atoms with Crippen LogP contribution in [0.2, 0.25) is 0 Å². The first-order valence-electron chi connectivity index (χ1n) is 7.78. The normalized spacial score (nSPS) is 19.2. The maximum absolute atomic E-state index is 12.0. The lowest BCUT2D eigenvalue weighted by atomic mass is 10.1. The molecule has 0 spiro atoms. The van der Waals surface area contributed by atoms with Gasteiger partial charge in [-0.25, -0.2) is 4.79 Å². The number of hydrogen-bond acceptors (Lipinski definition) is 3. The second-order valence-corrected chi connectivity index (χ2v) is 5.81. The van der Waals surface area contributed by atoms with Gasteiger partial charge in [0, 0.05) is 31.0 Å². The lowest BCUT2D eigenvalue weighted by Crippen LogP contribution is -2.29. The van der Waals surface area contributed by atoms with Gasteiger partial charge in [-0.2, -0.15) is 0 Å². The Morgan fingerprint density at radius 3 is 2.95 bits per heavy atom. The molecule has 0 radical (unpaired) electrons. The number of nitrogens with zero attached hydrogens (tertiary/aromatic N) is 2. The zero-order valence-corrected chi connectivity index (χ0v) is 12.4. The number of para-hydroxylation sites is 2. The van der Waals surface area contributed by atoms with E-state index in [9.17, 15) is 4.79 Å². The molecule has 114 valence electrons. The van der Waals surface area contributed by atoms with Crippen LogP contribution in [-0.4, -0.2) is 27.5 Å². The number of likely N-dealkylation sites (tertiary alicyclic amines) is 1. The van der Waals surface area contributed by atoms with Crippen molar-refractivity contribution in [2.24, 2.45) is 0 Å². The fraction of sp³-hybridized carbons (Fsp3) is 0.353. The van der Waals surface area contributed by atoms with Gasteiger partial charge in [-0.15, -0.1) is 0 Å². The van der Waals surface area contributed by atoms with Crippen molar-refractivity contribution in [3.05, 3.63) is 58.8 Å². The van der Waals surface area contributed by atoms with E-state index in [1.165, 1.54) is 18.5 Å². The van der Waals surface area contributed by atoms with Crippen LogP contribution in [0.5, 0.6) is 0 Å². The Balaban J connectivity index is 1.54. The minimum atomic E-state index is -0.267. The summed E-state index contributed by atoms with van der Waals surface area (Å²) in [5.74, 6) is -0.267. The van der Waals surface area contributed by atoms with Gasteiger partial charge >= 0.3 is 5.76 Å². The third-order valence-corrected chi connectivity index (χ3v) is 4.53. The molecule has 1 aliphatic heterocycles. The van der Waals surface area contributed by atoms with E-state index in [1.54, 1.807) is 4.57 Å². The molecule has 5 heteroatoms. The van der Waals surface area contributed by atoms with Crippen molar-refractivity contribution in [2.45, 2.75) is 25.4 Å². The number of aromatic amines is 1. The molecule has 0 amide bonds. The minimum Gasteiger partial charge on any atom is -0.408 e. The molecule has 1 atom stereocenters. The molecule has 5 nitrogen and oxygen atoms in total. The number of nitrogens with one attached hydrogen (secondary N) is 1. The van der Waals surface area contributed by atoms with Crippen LogP contribution in [0.15, 0.2) is 51.8 Å². The Hall–Kier alpha value is -2.27. The van der Waals surface area contributed by atoms with Crippen LogP contribution in [0.3, 0.4) is 0 Å². The van der Waals surface area contributed by atoms with Crippen LogP contribution in [0.25, 0.3) is 11.1 Å². The highest BCUT2D eigenvalue weighted by molar-refractivity contribution is 5.72. The van der Waals surface area contributed by atoms with Crippen molar-refractivity contribution < 1.29 is 4.42 Å². The van der Waals surface area contributed by atoms with Gasteiger partial charge in [-0.1, -0.05) is 12.1 Å². The van der Waals surface area contributed by atoms with Crippen molar-refractivity contribution in [2.75, 3.05) is 13.1 Å². The highest BCUT2D eigenvalue weighted by atomic mass is 16.4. The van der Waals surface area contributed by atoms with E-state index in [2.05, 4.69) is 16.0 Å². The highest BCUT2D eigenvalue weighted by Crippen LogP contribution is 2.30. The van der Waals surface area contributed by atoms with Crippen molar-refractivity contribution in [1.82, 2.24) is 14.5 Å². The first-order chi connectivity index (χ1) is 10.8. The summed E-state index contributed by atoms with van der Waals surface area (Å²) in [4.78, 5) is 17.8. The molecule has 1 aromatic carbocycles. The summed E-state index contributed by atoms with van der Waals surface area (Å²) in [7, 11) is 0. The number of rotatable bonds is 4. The predicted molar refractivity (Wildman–Crippen MR) is 84.8 cm³/mol. The van der Waals surface area contributed by atoms with Crippen LogP contribution in [0, 0.1) is 0 Å². The van der Waals surface area contributed by atoms with Gasteiger partial charge in [0.2, 0.25) is 0 Å². The minimum absolute atomic E-state index is 0.267.